The maximum atomic E-state index is 5.60. The van der Waals surface area contributed by atoms with Gasteiger partial charge in [-0.05, 0) is 24.6 Å². The Morgan fingerprint density at radius 2 is 2.29 bits per heavy atom. The van der Waals surface area contributed by atoms with Crippen LogP contribution in [0, 0.1) is 6.92 Å². The summed E-state index contributed by atoms with van der Waals surface area (Å²) in [5, 5.41) is 4.35. The molecule has 0 spiro atoms. The van der Waals surface area contributed by atoms with E-state index in [9.17, 15) is 0 Å². The molecular formula is C12H17N5. The largest absolute Gasteiger partial charge is 0.276 e. The molecule has 2 rings (SSSR count). The molecule has 90 valence electrons. The van der Waals surface area contributed by atoms with Crippen molar-refractivity contribution < 1.29 is 0 Å². The Kier molecular flexibility index (Phi) is 3.51. The van der Waals surface area contributed by atoms with Crippen molar-refractivity contribution in [3.63, 3.8) is 0 Å². The highest BCUT2D eigenvalue weighted by atomic mass is 15.3. The van der Waals surface area contributed by atoms with E-state index in [2.05, 4.69) is 15.5 Å². The van der Waals surface area contributed by atoms with Gasteiger partial charge in [-0.3, -0.25) is 20.9 Å². The highest BCUT2D eigenvalue weighted by Gasteiger charge is 2.15. The first-order chi connectivity index (χ1) is 8.20. The van der Waals surface area contributed by atoms with Crippen LogP contribution in [0.4, 0.5) is 0 Å². The van der Waals surface area contributed by atoms with Crippen LogP contribution in [-0.4, -0.2) is 14.8 Å². The van der Waals surface area contributed by atoms with E-state index in [1.54, 1.807) is 10.9 Å². The van der Waals surface area contributed by atoms with E-state index in [1.165, 1.54) is 0 Å². The Morgan fingerprint density at radius 3 is 2.88 bits per heavy atom. The molecule has 5 heteroatoms. The third-order valence-corrected chi connectivity index (χ3v) is 2.76. The number of rotatable bonds is 4. The minimum absolute atomic E-state index is 0.00824. The van der Waals surface area contributed by atoms with Crippen LogP contribution in [0.5, 0.6) is 0 Å². The Labute approximate surface area is 101 Å². The number of aryl methyl sites for hydroxylation is 2. The molecule has 1 atom stereocenters. The first kappa shape index (κ1) is 11.8. The van der Waals surface area contributed by atoms with Crippen molar-refractivity contribution in [2.45, 2.75) is 19.4 Å². The summed E-state index contributed by atoms with van der Waals surface area (Å²) < 4.78 is 1.79. The van der Waals surface area contributed by atoms with Gasteiger partial charge < -0.3 is 0 Å². The molecule has 0 radical (unpaired) electrons. The van der Waals surface area contributed by atoms with Crippen molar-refractivity contribution in [2.24, 2.45) is 12.9 Å². The van der Waals surface area contributed by atoms with Crippen LogP contribution in [0.1, 0.15) is 23.0 Å². The van der Waals surface area contributed by atoms with E-state index in [1.807, 2.05) is 38.4 Å². The second-order valence-electron chi connectivity index (χ2n) is 4.11. The fourth-order valence-corrected chi connectivity index (χ4v) is 1.88. The number of hydrogen-bond acceptors (Lipinski definition) is 4. The zero-order valence-electron chi connectivity index (χ0n) is 10.1. The number of nitrogens with two attached hydrogens (primary N) is 1. The summed E-state index contributed by atoms with van der Waals surface area (Å²) in [6, 6.07) is 5.94. The number of hydrazine groups is 1. The maximum absolute atomic E-state index is 5.60. The second kappa shape index (κ2) is 5.07. The Morgan fingerprint density at radius 1 is 1.47 bits per heavy atom. The SMILES string of the molecule is Cc1cccnc1C(Cc1ccn(C)n1)NN. The third kappa shape index (κ3) is 2.69. The molecule has 0 fully saturated rings. The van der Waals surface area contributed by atoms with Gasteiger partial charge in [0.05, 0.1) is 17.4 Å². The van der Waals surface area contributed by atoms with Gasteiger partial charge in [-0.1, -0.05) is 6.07 Å². The van der Waals surface area contributed by atoms with Crippen LogP contribution in [0.25, 0.3) is 0 Å². The van der Waals surface area contributed by atoms with Crippen molar-refractivity contribution in [1.29, 1.82) is 0 Å². The first-order valence-corrected chi connectivity index (χ1v) is 5.57. The summed E-state index contributed by atoms with van der Waals surface area (Å²) >= 11 is 0. The molecule has 5 nitrogen and oxygen atoms in total. The summed E-state index contributed by atoms with van der Waals surface area (Å²) in [6.45, 7) is 2.03. The van der Waals surface area contributed by atoms with Crippen LogP contribution in [0.3, 0.4) is 0 Å². The van der Waals surface area contributed by atoms with E-state index in [4.69, 9.17) is 5.84 Å². The second-order valence-corrected chi connectivity index (χ2v) is 4.11. The Hall–Kier alpha value is -1.72. The molecule has 3 N–H and O–H groups in total. The molecule has 0 bridgehead atoms. The zero-order chi connectivity index (χ0) is 12.3. The molecular weight excluding hydrogens is 214 g/mol. The molecule has 2 aromatic heterocycles. The molecule has 0 aliphatic carbocycles. The summed E-state index contributed by atoms with van der Waals surface area (Å²) in [5.74, 6) is 5.60. The standard InChI is InChI=1S/C12H17N5/c1-9-4-3-6-14-12(9)11(15-13)8-10-5-7-17(2)16-10/h3-7,11,15H,8,13H2,1-2H3. The van der Waals surface area contributed by atoms with Gasteiger partial charge in [0, 0.05) is 25.9 Å². The van der Waals surface area contributed by atoms with Crippen molar-refractivity contribution in [2.75, 3.05) is 0 Å². The third-order valence-electron chi connectivity index (χ3n) is 2.76. The molecule has 2 aromatic rings. The van der Waals surface area contributed by atoms with E-state index < -0.39 is 0 Å². The molecule has 2 heterocycles. The number of hydrogen-bond donors (Lipinski definition) is 2. The number of nitrogens with one attached hydrogen (secondary N) is 1. The highest BCUT2D eigenvalue weighted by Crippen LogP contribution is 2.17. The summed E-state index contributed by atoms with van der Waals surface area (Å²) in [4.78, 5) is 4.38. The van der Waals surface area contributed by atoms with Gasteiger partial charge in [-0.25, -0.2) is 0 Å². The lowest BCUT2D eigenvalue weighted by Gasteiger charge is -2.16. The van der Waals surface area contributed by atoms with Gasteiger partial charge in [0.2, 0.25) is 0 Å². The summed E-state index contributed by atoms with van der Waals surface area (Å²) in [5.41, 5.74) is 5.91. The lowest BCUT2D eigenvalue weighted by molar-refractivity contribution is 0.526. The quantitative estimate of drug-likeness (QED) is 0.605. The van der Waals surface area contributed by atoms with Crippen molar-refractivity contribution in [1.82, 2.24) is 20.2 Å². The van der Waals surface area contributed by atoms with E-state index in [-0.39, 0.29) is 6.04 Å². The molecule has 0 saturated carbocycles. The smallest absolute Gasteiger partial charge is 0.0690 e. The van der Waals surface area contributed by atoms with E-state index >= 15 is 0 Å². The molecule has 0 saturated heterocycles. The van der Waals surface area contributed by atoms with Crippen LogP contribution < -0.4 is 11.3 Å². The first-order valence-electron chi connectivity index (χ1n) is 5.57. The van der Waals surface area contributed by atoms with Crippen LogP contribution in [0.15, 0.2) is 30.6 Å². The van der Waals surface area contributed by atoms with Crippen molar-refractivity contribution in [3.05, 3.63) is 47.5 Å². The highest BCUT2D eigenvalue weighted by molar-refractivity contribution is 5.22. The predicted octanol–water partition coefficient (Wildman–Crippen LogP) is 0.871. The van der Waals surface area contributed by atoms with E-state index in [0.717, 1.165) is 23.4 Å². The van der Waals surface area contributed by atoms with Gasteiger partial charge in [0.25, 0.3) is 0 Å². The van der Waals surface area contributed by atoms with Crippen LogP contribution in [-0.2, 0) is 13.5 Å². The Balaban J connectivity index is 2.20. The monoisotopic (exact) mass is 231 g/mol. The molecule has 0 aliphatic rings. The van der Waals surface area contributed by atoms with Gasteiger partial charge in [0.1, 0.15) is 0 Å². The number of nitrogens with zero attached hydrogens (tertiary/aromatic N) is 3. The minimum Gasteiger partial charge on any atom is -0.276 e. The van der Waals surface area contributed by atoms with E-state index in [0.29, 0.717) is 0 Å². The average molecular weight is 231 g/mol. The molecule has 0 aromatic carbocycles. The fourth-order valence-electron chi connectivity index (χ4n) is 1.88. The molecule has 0 aliphatic heterocycles. The fraction of sp³-hybridized carbons (Fsp3) is 0.333. The average Bonchev–Trinajstić information content (AvgIpc) is 2.73. The summed E-state index contributed by atoms with van der Waals surface area (Å²) in [6.07, 6.45) is 4.44. The predicted molar refractivity (Wildman–Crippen MR) is 66.0 cm³/mol. The van der Waals surface area contributed by atoms with Gasteiger partial charge in [-0.15, -0.1) is 0 Å². The normalized spacial score (nSPS) is 12.6. The molecule has 0 amide bonds. The van der Waals surface area contributed by atoms with Crippen LogP contribution in [0.2, 0.25) is 0 Å². The van der Waals surface area contributed by atoms with Gasteiger partial charge in [-0.2, -0.15) is 5.10 Å². The van der Waals surface area contributed by atoms with Crippen molar-refractivity contribution >= 4 is 0 Å². The maximum Gasteiger partial charge on any atom is 0.0690 e. The van der Waals surface area contributed by atoms with Crippen molar-refractivity contribution in [3.8, 4) is 0 Å². The lowest BCUT2D eigenvalue weighted by Crippen LogP contribution is -2.31. The van der Waals surface area contributed by atoms with Gasteiger partial charge >= 0.3 is 0 Å². The lowest BCUT2D eigenvalue weighted by atomic mass is 10.0. The summed E-state index contributed by atoms with van der Waals surface area (Å²) in [7, 11) is 1.90. The Bertz CT molecular complexity index is 491. The zero-order valence-corrected chi connectivity index (χ0v) is 10.1. The number of pyridine rings is 1. The minimum atomic E-state index is -0.00824. The van der Waals surface area contributed by atoms with Crippen LogP contribution >= 0.6 is 0 Å². The molecule has 1 unspecified atom stereocenters. The topological polar surface area (TPSA) is 68.8 Å². The number of aromatic nitrogens is 3. The van der Waals surface area contributed by atoms with Gasteiger partial charge in [0.15, 0.2) is 0 Å². The molecule has 17 heavy (non-hydrogen) atoms.